The van der Waals surface area contributed by atoms with Gasteiger partial charge in [0.15, 0.2) is 0 Å². The third-order valence-corrected chi connectivity index (χ3v) is 6.31. The predicted octanol–water partition coefficient (Wildman–Crippen LogP) is 4.32. The lowest BCUT2D eigenvalue weighted by Gasteiger charge is -2.20. The van der Waals surface area contributed by atoms with Crippen molar-refractivity contribution < 1.29 is 23.9 Å². The van der Waals surface area contributed by atoms with Crippen molar-refractivity contribution in [3.8, 4) is 0 Å². The average Bonchev–Trinajstić information content (AvgIpc) is 3.06. The number of halogens is 1. The first-order valence-electron chi connectivity index (χ1n) is 11.6. The van der Waals surface area contributed by atoms with Gasteiger partial charge in [0.1, 0.15) is 10.7 Å². The van der Waals surface area contributed by atoms with E-state index in [1.54, 1.807) is 31.2 Å². The average molecular weight is 496 g/mol. The number of nitrogens with one attached hydrogen (secondary N) is 1. The van der Waals surface area contributed by atoms with Crippen molar-refractivity contribution >= 4 is 46.7 Å². The Morgan fingerprint density at radius 1 is 0.886 bits per heavy atom. The molecule has 0 saturated carbocycles. The summed E-state index contributed by atoms with van der Waals surface area (Å²) in [4.78, 5) is 53.2. The Bertz CT molecular complexity index is 1170. The third-order valence-electron chi connectivity index (χ3n) is 5.96. The van der Waals surface area contributed by atoms with Gasteiger partial charge >= 0.3 is 5.97 Å². The van der Waals surface area contributed by atoms with Crippen LogP contribution < -0.4 is 10.2 Å². The minimum Gasteiger partial charge on any atom is -0.462 e. The maximum Gasteiger partial charge on any atom is 0.338 e. The van der Waals surface area contributed by atoms with Crippen LogP contribution in [-0.2, 0) is 14.3 Å². The normalized spacial score (nSPS) is 16.4. The molecule has 0 atom stereocenters. The van der Waals surface area contributed by atoms with Crippen molar-refractivity contribution in [2.24, 2.45) is 0 Å². The summed E-state index contributed by atoms with van der Waals surface area (Å²) in [5.41, 5.74) is 1.61. The lowest BCUT2D eigenvalue weighted by molar-refractivity contribution is -0.120. The van der Waals surface area contributed by atoms with Crippen molar-refractivity contribution in [3.63, 3.8) is 0 Å². The van der Waals surface area contributed by atoms with E-state index in [1.807, 2.05) is 4.90 Å². The van der Waals surface area contributed by atoms with Crippen molar-refractivity contribution in [2.45, 2.75) is 32.6 Å². The third kappa shape index (κ3) is 5.22. The van der Waals surface area contributed by atoms with Crippen LogP contribution in [0.3, 0.4) is 0 Å². The zero-order valence-corrected chi connectivity index (χ0v) is 20.1. The quantitative estimate of drug-likeness (QED) is 0.473. The fourth-order valence-corrected chi connectivity index (χ4v) is 4.32. The monoisotopic (exact) mass is 495 g/mol. The van der Waals surface area contributed by atoms with E-state index < -0.39 is 17.8 Å². The SMILES string of the molecule is CCOC(=O)c1ccc(N2C(=O)C(Cl)=C(Nc3ccc(C(=O)N4CCCCCC4)cc3)C2=O)cc1. The number of likely N-dealkylation sites (tertiary alicyclic amines) is 1. The van der Waals surface area contributed by atoms with Crippen molar-refractivity contribution in [1.82, 2.24) is 4.90 Å². The molecule has 1 N–H and O–H groups in total. The molecule has 8 nitrogen and oxygen atoms in total. The molecule has 2 aliphatic heterocycles. The van der Waals surface area contributed by atoms with Crippen LogP contribution in [0.4, 0.5) is 11.4 Å². The maximum absolute atomic E-state index is 13.0. The smallest absolute Gasteiger partial charge is 0.338 e. The molecule has 0 bridgehead atoms. The number of esters is 1. The summed E-state index contributed by atoms with van der Waals surface area (Å²) in [6.07, 6.45) is 4.30. The zero-order chi connectivity index (χ0) is 24.9. The second-order valence-corrected chi connectivity index (χ2v) is 8.69. The van der Waals surface area contributed by atoms with Crippen molar-refractivity contribution in [3.05, 3.63) is 70.4 Å². The molecule has 2 aromatic rings. The molecule has 2 aliphatic rings. The lowest BCUT2D eigenvalue weighted by Crippen LogP contribution is -2.32. The Morgan fingerprint density at radius 2 is 1.49 bits per heavy atom. The number of anilines is 2. The molecule has 2 aromatic carbocycles. The highest BCUT2D eigenvalue weighted by Gasteiger charge is 2.39. The summed E-state index contributed by atoms with van der Waals surface area (Å²) >= 11 is 6.21. The first-order chi connectivity index (χ1) is 16.9. The van der Waals surface area contributed by atoms with Gasteiger partial charge in [-0.05, 0) is 68.3 Å². The van der Waals surface area contributed by atoms with Gasteiger partial charge in [-0.1, -0.05) is 24.4 Å². The maximum atomic E-state index is 13.0. The van der Waals surface area contributed by atoms with E-state index in [1.165, 1.54) is 24.3 Å². The van der Waals surface area contributed by atoms with E-state index in [9.17, 15) is 19.2 Å². The van der Waals surface area contributed by atoms with Crippen LogP contribution in [0.25, 0.3) is 0 Å². The van der Waals surface area contributed by atoms with Gasteiger partial charge in [0, 0.05) is 24.3 Å². The number of hydrogen-bond donors (Lipinski definition) is 1. The largest absolute Gasteiger partial charge is 0.462 e. The molecule has 0 spiro atoms. The highest BCUT2D eigenvalue weighted by atomic mass is 35.5. The number of carbonyl (C=O) groups excluding carboxylic acids is 4. The van der Waals surface area contributed by atoms with Crippen LogP contribution in [0.5, 0.6) is 0 Å². The minimum absolute atomic E-state index is 0.0136. The summed E-state index contributed by atoms with van der Waals surface area (Å²) in [6, 6.07) is 12.7. The van der Waals surface area contributed by atoms with Crippen molar-refractivity contribution in [2.75, 3.05) is 29.9 Å². The van der Waals surface area contributed by atoms with Crippen molar-refractivity contribution in [1.29, 1.82) is 0 Å². The molecule has 0 aliphatic carbocycles. The summed E-state index contributed by atoms with van der Waals surface area (Å²) in [7, 11) is 0. The molecule has 3 amide bonds. The lowest BCUT2D eigenvalue weighted by atomic mass is 10.1. The molecular weight excluding hydrogens is 470 g/mol. The van der Waals surface area contributed by atoms with E-state index >= 15 is 0 Å². The topological polar surface area (TPSA) is 96.0 Å². The Labute approximate surface area is 208 Å². The molecule has 0 radical (unpaired) electrons. The van der Waals surface area contributed by atoms with Crippen LogP contribution >= 0.6 is 11.6 Å². The fourth-order valence-electron chi connectivity index (χ4n) is 4.10. The number of rotatable bonds is 6. The highest BCUT2D eigenvalue weighted by molar-refractivity contribution is 6.53. The molecule has 4 rings (SSSR count). The Balaban J connectivity index is 1.46. The fraction of sp³-hybridized carbons (Fsp3) is 0.308. The minimum atomic E-state index is -0.670. The van der Waals surface area contributed by atoms with E-state index in [0.717, 1.165) is 43.7 Å². The number of amides is 3. The molecule has 0 aromatic heterocycles. The van der Waals surface area contributed by atoms with E-state index in [4.69, 9.17) is 16.3 Å². The van der Waals surface area contributed by atoms with Gasteiger partial charge in [0.2, 0.25) is 0 Å². The molecule has 0 unspecified atom stereocenters. The molecule has 1 saturated heterocycles. The van der Waals surface area contributed by atoms with E-state index in [2.05, 4.69) is 5.32 Å². The van der Waals surface area contributed by atoms with Crippen LogP contribution in [-0.4, -0.2) is 48.3 Å². The van der Waals surface area contributed by atoms with Crippen LogP contribution in [0, 0.1) is 0 Å². The number of nitrogens with zero attached hydrogens (tertiary/aromatic N) is 2. The number of carbonyl (C=O) groups is 4. The van der Waals surface area contributed by atoms with E-state index in [-0.39, 0.29) is 28.9 Å². The standard InChI is InChI=1S/C26H26ClN3O5/c1-2-35-26(34)18-9-13-20(14-10-18)30-24(32)21(27)22(25(30)33)28-19-11-7-17(8-12-19)23(31)29-15-5-3-4-6-16-29/h7-14,28H,2-6,15-16H2,1H3. The number of hydrogen-bond acceptors (Lipinski definition) is 6. The summed E-state index contributed by atoms with van der Waals surface area (Å²) < 4.78 is 4.95. The highest BCUT2D eigenvalue weighted by Crippen LogP contribution is 2.30. The second kappa shape index (κ2) is 10.7. The number of imide groups is 1. The van der Waals surface area contributed by atoms with Crippen LogP contribution in [0.15, 0.2) is 59.3 Å². The molecule has 182 valence electrons. The first-order valence-corrected chi connectivity index (χ1v) is 12.0. The summed E-state index contributed by atoms with van der Waals surface area (Å²) in [5, 5.41) is 2.67. The summed E-state index contributed by atoms with van der Waals surface area (Å²) in [5.74, 6) is -1.79. The van der Waals surface area contributed by atoms with Gasteiger partial charge in [-0.25, -0.2) is 9.69 Å². The molecular formula is C26H26ClN3O5. The van der Waals surface area contributed by atoms with Crippen LogP contribution in [0.2, 0.25) is 0 Å². The Morgan fingerprint density at radius 3 is 2.09 bits per heavy atom. The predicted molar refractivity (Wildman–Crippen MR) is 132 cm³/mol. The van der Waals surface area contributed by atoms with Crippen LogP contribution in [0.1, 0.15) is 53.3 Å². The van der Waals surface area contributed by atoms with Gasteiger partial charge in [0.25, 0.3) is 17.7 Å². The Hall–Kier alpha value is -3.65. The molecule has 35 heavy (non-hydrogen) atoms. The number of benzene rings is 2. The molecule has 9 heteroatoms. The summed E-state index contributed by atoms with van der Waals surface area (Å²) in [6.45, 7) is 3.46. The van der Waals surface area contributed by atoms with Gasteiger partial charge < -0.3 is 15.0 Å². The van der Waals surface area contributed by atoms with E-state index in [0.29, 0.717) is 16.8 Å². The van der Waals surface area contributed by atoms with Gasteiger partial charge in [-0.2, -0.15) is 0 Å². The first kappa shape index (κ1) is 24.5. The second-order valence-electron chi connectivity index (χ2n) is 8.31. The van der Waals surface area contributed by atoms with Gasteiger partial charge in [0.05, 0.1) is 17.9 Å². The molecule has 2 heterocycles. The number of ether oxygens (including phenoxy) is 1. The Kier molecular flexibility index (Phi) is 7.51. The zero-order valence-electron chi connectivity index (χ0n) is 19.4. The van der Waals surface area contributed by atoms with Gasteiger partial charge in [-0.15, -0.1) is 0 Å². The molecule has 1 fully saturated rings. The van der Waals surface area contributed by atoms with Gasteiger partial charge in [-0.3, -0.25) is 14.4 Å².